The molecule has 1 aliphatic carbocycles. The monoisotopic (exact) mass is 325 g/mol. The Morgan fingerprint density at radius 3 is 2.48 bits per heavy atom. The molecule has 0 radical (unpaired) electrons. The van der Waals surface area contributed by atoms with Crippen molar-refractivity contribution in [1.82, 2.24) is 0 Å². The zero-order chi connectivity index (χ0) is 16.8. The minimum Gasteiger partial charge on any atom is -0.369 e. The highest BCUT2D eigenvalue weighted by atomic mass is 19.4. The van der Waals surface area contributed by atoms with Crippen LogP contribution in [0.2, 0.25) is 0 Å². The lowest BCUT2D eigenvalue weighted by Crippen LogP contribution is -2.35. The van der Waals surface area contributed by atoms with Gasteiger partial charge in [-0.05, 0) is 57.2 Å². The van der Waals surface area contributed by atoms with E-state index in [0.29, 0.717) is 5.56 Å². The maximum absolute atomic E-state index is 13.9. The van der Waals surface area contributed by atoms with Gasteiger partial charge in [-0.1, -0.05) is 11.8 Å². The third kappa shape index (κ3) is 2.91. The molecule has 0 atom stereocenters. The molecule has 0 spiro atoms. The summed E-state index contributed by atoms with van der Waals surface area (Å²) in [5.74, 6) is 4.59. The highest BCUT2D eigenvalue weighted by molar-refractivity contribution is 5.63. The van der Waals surface area contributed by atoms with Gasteiger partial charge in [-0.2, -0.15) is 13.2 Å². The van der Waals surface area contributed by atoms with Gasteiger partial charge in [0, 0.05) is 23.8 Å². The summed E-state index contributed by atoms with van der Waals surface area (Å²) in [7, 11) is 0. The predicted molar refractivity (Wildman–Crippen MR) is 81.8 cm³/mol. The lowest BCUT2D eigenvalue weighted by Gasteiger charge is -2.35. The molecule has 2 aliphatic rings. The summed E-state index contributed by atoms with van der Waals surface area (Å²) in [5, 5.41) is 0. The van der Waals surface area contributed by atoms with E-state index in [9.17, 15) is 17.6 Å². The van der Waals surface area contributed by atoms with Crippen molar-refractivity contribution in [2.24, 2.45) is 5.41 Å². The maximum atomic E-state index is 13.9. The third-order valence-electron chi connectivity index (χ3n) is 4.68. The minimum atomic E-state index is -4.31. The van der Waals surface area contributed by atoms with Crippen LogP contribution in [0.4, 0.5) is 23.2 Å². The standard InChI is InChI=1S/C18H19F4N/c1-12(2)23-9-3-4-15-13(10-14(19)11-16(15)23)5-6-17(7-8-17)18(20,21)22/h10-12H,3-4,7-9H2,1-2H3. The third-order valence-corrected chi connectivity index (χ3v) is 4.68. The number of halogens is 4. The first-order valence-electron chi connectivity index (χ1n) is 7.92. The van der Waals surface area contributed by atoms with Crippen molar-refractivity contribution in [3.63, 3.8) is 0 Å². The molecule has 1 aromatic carbocycles. The Morgan fingerprint density at radius 2 is 1.91 bits per heavy atom. The zero-order valence-electron chi connectivity index (χ0n) is 13.2. The van der Waals surface area contributed by atoms with Crippen molar-refractivity contribution in [2.45, 2.75) is 51.7 Å². The van der Waals surface area contributed by atoms with E-state index in [-0.39, 0.29) is 18.9 Å². The highest BCUT2D eigenvalue weighted by Crippen LogP contribution is 2.57. The molecular formula is C18H19F4N. The van der Waals surface area contributed by atoms with Crippen molar-refractivity contribution in [2.75, 3.05) is 11.4 Å². The van der Waals surface area contributed by atoms with E-state index in [2.05, 4.69) is 16.7 Å². The lowest BCUT2D eigenvalue weighted by atomic mass is 9.94. The number of hydrogen-bond acceptors (Lipinski definition) is 1. The summed E-state index contributed by atoms with van der Waals surface area (Å²) in [6.45, 7) is 4.87. The molecule has 0 N–H and O–H groups in total. The summed E-state index contributed by atoms with van der Waals surface area (Å²) in [6, 6.07) is 2.94. The van der Waals surface area contributed by atoms with Gasteiger partial charge in [0.25, 0.3) is 0 Å². The van der Waals surface area contributed by atoms with E-state index in [4.69, 9.17) is 0 Å². The van der Waals surface area contributed by atoms with Crippen molar-refractivity contribution in [1.29, 1.82) is 0 Å². The molecule has 0 bridgehead atoms. The molecule has 124 valence electrons. The Labute approximate surface area is 133 Å². The second kappa shape index (κ2) is 5.43. The van der Waals surface area contributed by atoms with Crippen LogP contribution < -0.4 is 4.90 Å². The van der Waals surface area contributed by atoms with E-state index < -0.39 is 17.4 Å². The van der Waals surface area contributed by atoms with Crippen molar-refractivity contribution >= 4 is 5.69 Å². The topological polar surface area (TPSA) is 3.24 Å². The molecule has 1 saturated carbocycles. The normalized spacial score (nSPS) is 19.2. The number of benzene rings is 1. The first kappa shape index (κ1) is 16.2. The zero-order valence-corrected chi connectivity index (χ0v) is 13.2. The molecule has 1 fully saturated rings. The number of hydrogen-bond donors (Lipinski definition) is 0. The summed E-state index contributed by atoms with van der Waals surface area (Å²) in [4.78, 5) is 2.09. The summed E-state index contributed by atoms with van der Waals surface area (Å²) in [6.07, 6.45) is -2.60. The Morgan fingerprint density at radius 1 is 1.22 bits per heavy atom. The molecule has 1 nitrogen and oxygen atoms in total. The average Bonchev–Trinajstić information content (AvgIpc) is 3.24. The summed E-state index contributed by atoms with van der Waals surface area (Å²) < 4.78 is 52.9. The largest absolute Gasteiger partial charge is 0.405 e. The van der Waals surface area contributed by atoms with Crippen LogP contribution >= 0.6 is 0 Å². The molecule has 3 rings (SSSR count). The van der Waals surface area contributed by atoms with Crippen LogP contribution in [0, 0.1) is 23.1 Å². The van der Waals surface area contributed by atoms with Crippen LogP contribution in [-0.4, -0.2) is 18.8 Å². The first-order chi connectivity index (χ1) is 10.7. The van der Waals surface area contributed by atoms with E-state index in [1.54, 1.807) is 0 Å². The van der Waals surface area contributed by atoms with E-state index in [1.807, 2.05) is 13.8 Å². The van der Waals surface area contributed by atoms with Crippen molar-refractivity contribution in [3.8, 4) is 11.8 Å². The molecule has 0 aromatic heterocycles. The van der Waals surface area contributed by atoms with E-state index in [0.717, 1.165) is 30.6 Å². The Bertz CT molecular complexity index is 675. The first-order valence-corrected chi connectivity index (χ1v) is 7.92. The molecule has 0 unspecified atom stereocenters. The van der Waals surface area contributed by atoms with Crippen LogP contribution in [0.25, 0.3) is 0 Å². The van der Waals surface area contributed by atoms with Crippen molar-refractivity contribution < 1.29 is 17.6 Å². The molecule has 23 heavy (non-hydrogen) atoms. The molecule has 1 aromatic rings. The van der Waals surface area contributed by atoms with Gasteiger partial charge in [-0.25, -0.2) is 4.39 Å². The molecule has 1 heterocycles. The Balaban J connectivity index is 2.02. The fourth-order valence-electron chi connectivity index (χ4n) is 3.13. The molecule has 0 amide bonds. The second-order valence-corrected chi connectivity index (χ2v) is 6.67. The van der Waals surface area contributed by atoms with Crippen molar-refractivity contribution in [3.05, 3.63) is 29.1 Å². The van der Waals surface area contributed by atoms with E-state index in [1.165, 1.54) is 12.1 Å². The van der Waals surface area contributed by atoms with Crippen LogP contribution in [0.5, 0.6) is 0 Å². The molecular weight excluding hydrogens is 306 g/mol. The molecule has 5 heteroatoms. The molecule has 0 saturated heterocycles. The quantitative estimate of drug-likeness (QED) is 0.535. The Hall–Kier alpha value is -1.70. The van der Waals surface area contributed by atoms with Gasteiger partial charge < -0.3 is 4.90 Å². The van der Waals surface area contributed by atoms with Crippen LogP contribution in [-0.2, 0) is 6.42 Å². The highest BCUT2D eigenvalue weighted by Gasteiger charge is 2.62. The number of nitrogens with zero attached hydrogens (tertiary/aromatic N) is 1. The van der Waals surface area contributed by atoms with Gasteiger partial charge >= 0.3 is 6.18 Å². The minimum absolute atomic E-state index is 0.0408. The van der Waals surface area contributed by atoms with Gasteiger partial charge in [0.15, 0.2) is 0 Å². The smallest absolute Gasteiger partial charge is 0.369 e. The lowest BCUT2D eigenvalue weighted by molar-refractivity contribution is -0.168. The summed E-state index contributed by atoms with van der Waals surface area (Å²) in [5.41, 5.74) is 0.170. The van der Waals surface area contributed by atoms with E-state index >= 15 is 0 Å². The number of fused-ring (bicyclic) bond motifs is 1. The fraction of sp³-hybridized carbons (Fsp3) is 0.556. The maximum Gasteiger partial charge on any atom is 0.405 e. The van der Waals surface area contributed by atoms with Gasteiger partial charge in [-0.3, -0.25) is 0 Å². The van der Waals surface area contributed by atoms with Gasteiger partial charge in [0.1, 0.15) is 11.2 Å². The number of alkyl halides is 3. The summed E-state index contributed by atoms with van der Waals surface area (Å²) >= 11 is 0. The SMILES string of the molecule is CC(C)N1CCCc2c(C#CC3(C(F)(F)F)CC3)cc(F)cc21. The van der Waals surface area contributed by atoms with Crippen LogP contribution in [0.15, 0.2) is 12.1 Å². The fourth-order valence-corrected chi connectivity index (χ4v) is 3.13. The second-order valence-electron chi connectivity index (χ2n) is 6.67. The predicted octanol–water partition coefficient (Wildman–Crippen LogP) is 4.68. The van der Waals surface area contributed by atoms with Crippen LogP contribution in [0.3, 0.4) is 0 Å². The molecule has 1 aliphatic heterocycles. The van der Waals surface area contributed by atoms with Crippen LogP contribution in [0.1, 0.15) is 44.2 Å². The number of rotatable bonds is 1. The average molecular weight is 325 g/mol. The van der Waals surface area contributed by atoms with Gasteiger partial charge in [0.2, 0.25) is 0 Å². The van der Waals surface area contributed by atoms with Gasteiger partial charge in [-0.15, -0.1) is 0 Å². The van der Waals surface area contributed by atoms with Gasteiger partial charge in [0.05, 0.1) is 0 Å². The number of anilines is 1. The Kier molecular flexibility index (Phi) is 3.82.